The molecule has 0 amide bonds. The van der Waals surface area contributed by atoms with Crippen molar-refractivity contribution in [2.75, 3.05) is 0 Å². The molecule has 0 radical (unpaired) electrons. The van der Waals surface area contributed by atoms with E-state index in [1.807, 2.05) is 0 Å². The van der Waals surface area contributed by atoms with Crippen molar-refractivity contribution in [2.24, 2.45) is 0 Å². The Bertz CT molecular complexity index is 4290. The first kappa shape index (κ1) is 43.7. The minimum absolute atomic E-state index is 0.0468. The van der Waals surface area contributed by atoms with Crippen LogP contribution in [0.5, 0.6) is 0 Å². The molecular weight excluding hydrogens is 889 g/mol. The highest BCUT2D eigenvalue weighted by atomic mass is 14.3. The van der Waals surface area contributed by atoms with Gasteiger partial charge in [-0.1, -0.05) is 269 Å². The minimum atomic E-state index is 0.0468. The summed E-state index contributed by atoms with van der Waals surface area (Å²) in [5.41, 5.74) is 18.5. The van der Waals surface area contributed by atoms with Gasteiger partial charge in [0, 0.05) is 0 Å². The van der Waals surface area contributed by atoms with E-state index in [9.17, 15) is 0 Å². The topological polar surface area (TPSA) is 0 Å². The fourth-order valence-corrected chi connectivity index (χ4v) is 12.0. The van der Waals surface area contributed by atoms with Crippen molar-refractivity contribution < 1.29 is 0 Å². The summed E-state index contributed by atoms with van der Waals surface area (Å²) in [4.78, 5) is 0. The van der Waals surface area contributed by atoms with E-state index in [2.05, 4.69) is 282 Å². The zero-order valence-electron chi connectivity index (χ0n) is 41.8. The van der Waals surface area contributed by atoms with Crippen LogP contribution in [0.1, 0.15) is 26.3 Å². The predicted octanol–water partition coefficient (Wildman–Crippen LogP) is 21.0. The molecule has 0 N–H and O–H groups in total. The van der Waals surface area contributed by atoms with Gasteiger partial charge in [0.15, 0.2) is 0 Å². The lowest BCUT2D eigenvalue weighted by molar-refractivity contribution is 0.590. The van der Waals surface area contributed by atoms with Crippen LogP contribution in [0, 0.1) is 0 Å². The largest absolute Gasteiger partial charge is 0.0616 e. The van der Waals surface area contributed by atoms with E-state index in [0.29, 0.717) is 0 Å². The lowest BCUT2D eigenvalue weighted by Gasteiger charge is -2.22. The molecule has 0 saturated carbocycles. The first-order chi connectivity index (χ1) is 36.3. The molecule has 0 spiro atoms. The van der Waals surface area contributed by atoms with Gasteiger partial charge in [0.05, 0.1) is 0 Å². The van der Waals surface area contributed by atoms with E-state index in [1.54, 1.807) is 0 Å². The van der Waals surface area contributed by atoms with Gasteiger partial charge in [-0.3, -0.25) is 0 Å². The average Bonchev–Trinajstić information content (AvgIpc) is 3.48. The van der Waals surface area contributed by atoms with Crippen molar-refractivity contribution in [1.82, 2.24) is 0 Å². The van der Waals surface area contributed by atoms with Crippen molar-refractivity contribution in [2.45, 2.75) is 26.2 Å². The summed E-state index contributed by atoms with van der Waals surface area (Å²) in [6.07, 6.45) is 0. The normalized spacial score (nSPS) is 12.0. The Morgan fingerprint density at radius 1 is 0.203 bits per heavy atom. The number of benzene rings is 14. The van der Waals surface area contributed by atoms with Crippen molar-refractivity contribution in [1.29, 1.82) is 0 Å². The van der Waals surface area contributed by atoms with Crippen LogP contribution in [-0.2, 0) is 5.41 Å². The molecule has 0 heterocycles. The summed E-state index contributed by atoms with van der Waals surface area (Å²) in [5.74, 6) is 0. The molecule has 0 atom stereocenters. The first-order valence-electron chi connectivity index (χ1n) is 26.0. The van der Waals surface area contributed by atoms with Crippen molar-refractivity contribution in [3.05, 3.63) is 266 Å². The fraction of sp³-hybridized carbons (Fsp3) is 0.0541. The third-order valence-electron chi connectivity index (χ3n) is 15.9. The van der Waals surface area contributed by atoms with E-state index in [1.165, 1.54) is 148 Å². The smallest absolute Gasteiger partial charge is 0.00139 e. The van der Waals surface area contributed by atoms with Gasteiger partial charge in [0.1, 0.15) is 0 Å². The standard InChI is InChI=1S/C74H52/c1-74(2,3)57-39-37-56(38-40-57)71-46-70(55-35-29-52(30-36-55)63-24-12-18-49-15-6-9-21-60(49)63)66-42-41-64-68(53-31-25-50(26-32-53)61-22-10-16-47-13-4-7-19-58(47)61)45-69(65-43-44-67(71)73(66)72(64)65)54-33-27-51(28-34-54)62-23-11-17-48-14-5-8-20-59(48)62/h4-46H,1-3H3. The molecule has 0 unspecified atom stereocenters. The van der Waals surface area contributed by atoms with E-state index in [4.69, 9.17) is 0 Å². The second kappa shape index (κ2) is 17.3. The molecule has 0 nitrogen and oxygen atoms in total. The number of fused-ring (bicyclic) bond motifs is 3. The summed E-state index contributed by atoms with van der Waals surface area (Å²) in [6.45, 7) is 6.88. The van der Waals surface area contributed by atoms with E-state index >= 15 is 0 Å². The predicted molar refractivity (Wildman–Crippen MR) is 319 cm³/mol. The zero-order chi connectivity index (χ0) is 49.5. The molecule has 348 valence electrons. The molecule has 0 aliphatic rings. The van der Waals surface area contributed by atoms with E-state index < -0.39 is 0 Å². The van der Waals surface area contributed by atoms with Gasteiger partial charge in [0.25, 0.3) is 0 Å². The van der Waals surface area contributed by atoms with Crippen LogP contribution in [0.15, 0.2) is 261 Å². The summed E-state index contributed by atoms with van der Waals surface area (Å²) < 4.78 is 0. The molecule has 0 fully saturated rings. The Hall–Kier alpha value is -9.10. The maximum absolute atomic E-state index is 2.46. The number of rotatable bonds is 7. The van der Waals surface area contributed by atoms with Crippen LogP contribution in [0.2, 0.25) is 0 Å². The summed E-state index contributed by atoms with van der Waals surface area (Å²) >= 11 is 0. The average molecular weight is 941 g/mol. The third-order valence-corrected chi connectivity index (χ3v) is 15.9. The molecule has 0 bridgehead atoms. The van der Waals surface area contributed by atoms with Crippen LogP contribution >= 0.6 is 0 Å². The Balaban J connectivity index is 1.01. The van der Waals surface area contributed by atoms with Crippen LogP contribution in [0.25, 0.3) is 143 Å². The van der Waals surface area contributed by atoms with Crippen LogP contribution in [0.4, 0.5) is 0 Å². The second-order valence-corrected chi connectivity index (χ2v) is 21.2. The molecule has 0 aliphatic heterocycles. The molecular formula is C74H52. The molecule has 0 aromatic heterocycles. The quantitative estimate of drug-likeness (QED) is 0.140. The maximum atomic E-state index is 2.46. The van der Waals surface area contributed by atoms with Crippen molar-refractivity contribution in [3.8, 4) is 77.9 Å². The summed E-state index contributed by atoms with van der Waals surface area (Å²) in [5, 5.41) is 15.2. The van der Waals surface area contributed by atoms with Crippen LogP contribution < -0.4 is 0 Å². The molecule has 14 aromatic carbocycles. The van der Waals surface area contributed by atoms with E-state index in [-0.39, 0.29) is 5.41 Å². The molecule has 74 heavy (non-hydrogen) atoms. The van der Waals surface area contributed by atoms with Gasteiger partial charge in [-0.05, 0) is 166 Å². The molecule has 0 heteroatoms. The minimum Gasteiger partial charge on any atom is -0.0616 e. The van der Waals surface area contributed by atoms with Crippen molar-refractivity contribution in [3.63, 3.8) is 0 Å². The number of hydrogen-bond acceptors (Lipinski definition) is 0. The lowest BCUT2D eigenvalue weighted by Crippen LogP contribution is -2.10. The molecule has 14 rings (SSSR count). The van der Waals surface area contributed by atoms with Crippen LogP contribution in [-0.4, -0.2) is 0 Å². The maximum Gasteiger partial charge on any atom is -0.00139 e. The van der Waals surface area contributed by atoms with Gasteiger partial charge < -0.3 is 0 Å². The van der Waals surface area contributed by atoms with Crippen LogP contribution in [0.3, 0.4) is 0 Å². The van der Waals surface area contributed by atoms with Gasteiger partial charge in [-0.2, -0.15) is 0 Å². The Labute approximate surface area is 432 Å². The van der Waals surface area contributed by atoms with E-state index in [0.717, 1.165) is 0 Å². The summed E-state index contributed by atoms with van der Waals surface area (Å²) in [7, 11) is 0. The highest BCUT2D eigenvalue weighted by molar-refractivity contribution is 6.32. The van der Waals surface area contributed by atoms with Gasteiger partial charge in [0.2, 0.25) is 0 Å². The molecule has 0 saturated heterocycles. The SMILES string of the molecule is CC(C)(C)c1ccc(-c2cc(-c3ccc(-c4cccc5ccccc45)cc3)c3ccc4c(-c5ccc(-c6cccc7ccccc67)cc5)cc(-c5ccc(-c6cccc7ccccc67)cc5)c5ccc2c3c45)cc1. The lowest BCUT2D eigenvalue weighted by atomic mass is 9.81. The molecule has 0 aliphatic carbocycles. The highest BCUT2D eigenvalue weighted by Crippen LogP contribution is 2.49. The Morgan fingerprint density at radius 2 is 0.446 bits per heavy atom. The summed E-state index contributed by atoms with van der Waals surface area (Å²) in [6, 6.07) is 97.7. The van der Waals surface area contributed by atoms with Crippen molar-refractivity contribution >= 4 is 64.6 Å². The van der Waals surface area contributed by atoms with Gasteiger partial charge in [-0.15, -0.1) is 0 Å². The van der Waals surface area contributed by atoms with Gasteiger partial charge in [-0.25, -0.2) is 0 Å². The fourth-order valence-electron chi connectivity index (χ4n) is 12.0. The van der Waals surface area contributed by atoms with Gasteiger partial charge >= 0.3 is 0 Å². The zero-order valence-corrected chi connectivity index (χ0v) is 41.8. The Kier molecular flexibility index (Phi) is 10.2. The second-order valence-electron chi connectivity index (χ2n) is 21.2. The third kappa shape index (κ3) is 7.28. The number of hydrogen-bond donors (Lipinski definition) is 0. The molecule has 14 aromatic rings. The highest BCUT2D eigenvalue weighted by Gasteiger charge is 2.22. The Morgan fingerprint density at radius 3 is 0.730 bits per heavy atom. The monoisotopic (exact) mass is 940 g/mol. The first-order valence-corrected chi connectivity index (χ1v) is 26.0.